The van der Waals surface area contributed by atoms with Crippen molar-refractivity contribution in [2.24, 2.45) is 7.05 Å². The smallest absolute Gasteiger partial charge is 0.129 e. The molecule has 1 aromatic carbocycles. The van der Waals surface area contributed by atoms with Crippen LogP contribution >= 0.6 is 0 Å². The molecule has 1 aliphatic rings. The first kappa shape index (κ1) is 13.8. The second-order valence-electron chi connectivity index (χ2n) is 5.49. The molecule has 0 saturated carbocycles. The Morgan fingerprint density at radius 2 is 2.33 bits per heavy atom. The Kier molecular flexibility index (Phi) is 3.72. The Labute approximate surface area is 123 Å². The molecule has 1 aliphatic heterocycles. The maximum atomic E-state index is 14.0. The Morgan fingerprint density at radius 1 is 1.48 bits per heavy atom. The fraction of sp³-hybridized carbons (Fsp3) is 0.375. The second-order valence-corrected chi connectivity index (χ2v) is 5.49. The van der Waals surface area contributed by atoms with Crippen LogP contribution in [-0.2, 0) is 13.6 Å². The molecule has 2 heterocycles. The van der Waals surface area contributed by atoms with Gasteiger partial charge in [0.25, 0.3) is 0 Å². The number of aryl methyl sites for hydroxylation is 1. The van der Waals surface area contributed by atoms with Gasteiger partial charge in [0.05, 0.1) is 17.8 Å². The third-order valence-corrected chi connectivity index (χ3v) is 4.03. The highest BCUT2D eigenvalue weighted by Crippen LogP contribution is 2.33. The van der Waals surface area contributed by atoms with Gasteiger partial charge in [0.1, 0.15) is 5.82 Å². The fourth-order valence-corrected chi connectivity index (χ4v) is 2.97. The van der Waals surface area contributed by atoms with E-state index < -0.39 is 0 Å². The van der Waals surface area contributed by atoms with Crippen molar-refractivity contribution in [2.45, 2.75) is 25.4 Å². The number of nitrogens with zero attached hydrogens (tertiary/aromatic N) is 4. The zero-order chi connectivity index (χ0) is 14.8. The summed E-state index contributed by atoms with van der Waals surface area (Å²) in [4.78, 5) is 2.28. The molecule has 1 aromatic heterocycles. The molecule has 2 aromatic rings. The summed E-state index contributed by atoms with van der Waals surface area (Å²) >= 11 is 0. The van der Waals surface area contributed by atoms with E-state index in [0.29, 0.717) is 23.7 Å². The number of benzene rings is 1. The quantitative estimate of drug-likeness (QED) is 0.870. The third kappa shape index (κ3) is 2.81. The zero-order valence-corrected chi connectivity index (χ0v) is 12.0. The first-order valence-corrected chi connectivity index (χ1v) is 7.08. The van der Waals surface area contributed by atoms with Crippen molar-refractivity contribution in [3.8, 4) is 6.07 Å². The van der Waals surface area contributed by atoms with Crippen molar-refractivity contribution < 1.29 is 4.39 Å². The summed E-state index contributed by atoms with van der Waals surface area (Å²) in [6.45, 7) is 1.52. The molecule has 1 fully saturated rings. The maximum absolute atomic E-state index is 14.0. The van der Waals surface area contributed by atoms with E-state index in [2.05, 4.69) is 10.00 Å². The first-order valence-electron chi connectivity index (χ1n) is 7.08. The lowest BCUT2D eigenvalue weighted by Gasteiger charge is -2.23. The van der Waals surface area contributed by atoms with Crippen LogP contribution in [0.25, 0.3) is 0 Å². The van der Waals surface area contributed by atoms with Crippen molar-refractivity contribution in [2.75, 3.05) is 6.54 Å². The highest BCUT2D eigenvalue weighted by molar-refractivity contribution is 5.33. The Morgan fingerprint density at radius 3 is 3.00 bits per heavy atom. The summed E-state index contributed by atoms with van der Waals surface area (Å²) in [6.07, 6.45) is 6.09. The molecule has 4 nitrogen and oxygen atoms in total. The van der Waals surface area contributed by atoms with Crippen molar-refractivity contribution in [1.82, 2.24) is 14.7 Å². The lowest BCUT2D eigenvalue weighted by atomic mass is 10.1. The second kappa shape index (κ2) is 5.66. The normalized spacial score (nSPS) is 18.8. The lowest BCUT2D eigenvalue weighted by Crippen LogP contribution is -2.23. The number of aromatic nitrogens is 2. The molecule has 0 amide bonds. The van der Waals surface area contributed by atoms with Gasteiger partial charge >= 0.3 is 0 Å². The number of halogens is 1. The molecule has 1 unspecified atom stereocenters. The first-order chi connectivity index (χ1) is 10.2. The number of hydrogen-bond donors (Lipinski definition) is 0. The Hall–Kier alpha value is -2.19. The number of hydrogen-bond acceptors (Lipinski definition) is 3. The molecule has 0 spiro atoms. The molecule has 0 radical (unpaired) electrons. The molecule has 108 valence electrons. The summed E-state index contributed by atoms with van der Waals surface area (Å²) in [5, 5.41) is 13.0. The molecule has 0 aliphatic carbocycles. The Balaban J connectivity index is 1.79. The lowest BCUT2D eigenvalue weighted by molar-refractivity contribution is 0.245. The van der Waals surface area contributed by atoms with Crippen molar-refractivity contribution in [3.05, 3.63) is 53.1 Å². The zero-order valence-electron chi connectivity index (χ0n) is 12.0. The Bertz CT molecular complexity index is 686. The predicted octanol–water partition coefficient (Wildman–Crippen LogP) is 2.77. The van der Waals surface area contributed by atoms with Gasteiger partial charge in [-0.05, 0) is 31.5 Å². The van der Waals surface area contributed by atoms with E-state index in [9.17, 15) is 4.39 Å². The van der Waals surface area contributed by atoms with Crippen LogP contribution in [0, 0.1) is 17.1 Å². The van der Waals surface area contributed by atoms with Gasteiger partial charge in [-0.2, -0.15) is 10.4 Å². The summed E-state index contributed by atoms with van der Waals surface area (Å²) in [5.74, 6) is -0.300. The van der Waals surface area contributed by atoms with Crippen molar-refractivity contribution in [1.29, 1.82) is 5.26 Å². The van der Waals surface area contributed by atoms with E-state index in [0.717, 1.165) is 19.4 Å². The van der Waals surface area contributed by atoms with Crippen molar-refractivity contribution in [3.63, 3.8) is 0 Å². The maximum Gasteiger partial charge on any atom is 0.129 e. The van der Waals surface area contributed by atoms with E-state index >= 15 is 0 Å². The summed E-state index contributed by atoms with van der Waals surface area (Å²) < 4.78 is 15.8. The monoisotopic (exact) mass is 284 g/mol. The molecule has 1 atom stereocenters. The number of likely N-dealkylation sites (tertiary alicyclic amines) is 1. The highest BCUT2D eigenvalue weighted by atomic mass is 19.1. The standard InChI is InChI=1S/C16H17FN4/c1-20-10-14(9-19-20)16-3-2-6-21(16)11-13-5-4-12(8-18)7-15(13)17/h4-5,7,9-10,16H,2-3,6,11H2,1H3. The minimum Gasteiger partial charge on any atom is -0.292 e. The summed E-state index contributed by atoms with van der Waals surface area (Å²) in [5.41, 5.74) is 2.19. The van der Waals surface area contributed by atoms with E-state index in [4.69, 9.17) is 5.26 Å². The van der Waals surface area contributed by atoms with E-state index in [1.165, 1.54) is 11.6 Å². The van der Waals surface area contributed by atoms with Gasteiger partial charge in [-0.3, -0.25) is 9.58 Å². The number of rotatable bonds is 3. The van der Waals surface area contributed by atoms with Crippen LogP contribution in [0.2, 0.25) is 0 Å². The molecule has 0 N–H and O–H groups in total. The van der Waals surface area contributed by atoms with Crippen LogP contribution in [0.3, 0.4) is 0 Å². The molecule has 5 heteroatoms. The molecular weight excluding hydrogens is 267 g/mol. The van der Waals surface area contributed by atoms with Crippen LogP contribution < -0.4 is 0 Å². The van der Waals surface area contributed by atoms with Gasteiger partial charge in [0.15, 0.2) is 0 Å². The van der Waals surface area contributed by atoms with Crippen LogP contribution in [0.5, 0.6) is 0 Å². The third-order valence-electron chi connectivity index (χ3n) is 4.03. The van der Waals surface area contributed by atoms with Gasteiger partial charge in [-0.25, -0.2) is 4.39 Å². The molecule has 21 heavy (non-hydrogen) atoms. The topological polar surface area (TPSA) is 44.9 Å². The highest BCUT2D eigenvalue weighted by Gasteiger charge is 2.27. The van der Waals surface area contributed by atoms with Crippen LogP contribution in [0.4, 0.5) is 4.39 Å². The van der Waals surface area contributed by atoms with Gasteiger partial charge in [0, 0.05) is 37.0 Å². The molecule has 3 rings (SSSR count). The van der Waals surface area contributed by atoms with Gasteiger partial charge in [0.2, 0.25) is 0 Å². The van der Waals surface area contributed by atoms with E-state index in [1.807, 2.05) is 25.5 Å². The van der Waals surface area contributed by atoms with Gasteiger partial charge < -0.3 is 0 Å². The average molecular weight is 284 g/mol. The largest absolute Gasteiger partial charge is 0.292 e. The summed E-state index contributed by atoms with van der Waals surface area (Å²) in [6, 6.07) is 6.96. The van der Waals surface area contributed by atoms with E-state index in [-0.39, 0.29) is 5.82 Å². The van der Waals surface area contributed by atoms with Gasteiger partial charge in [-0.1, -0.05) is 6.07 Å². The van der Waals surface area contributed by atoms with Crippen LogP contribution in [0.1, 0.15) is 35.6 Å². The molecular formula is C16H17FN4. The minimum atomic E-state index is -0.300. The van der Waals surface area contributed by atoms with Crippen LogP contribution in [-0.4, -0.2) is 21.2 Å². The van der Waals surface area contributed by atoms with E-state index in [1.54, 1.807) is 16.8 Å². The number of nitriles is 1. The molecule has 1 saturated heterocycles. The molecule has 0 bridgehead atoms. The van der Waals surface area contributed by atoms with Crippen molar-refractivity contribution >= 4 is 0 Å². The minimum absolute atomic E-state index is 0.300. The average Bonchev–Trinajstić information content (AvgIpc) is 3.09. The predicted molar refractivity (Wildman–Crippen MR) is 76.7 cm³/mol. The summed E-state index contributed by atoms with van der Waals surface area (Å²) in [7, 11) is 1.91. The SMILES string of the molecule is Cn1cc(C2CCCN2Cc2ccc(C#N)cc2F)cn1. The fourth-order valence-electron chi connectivity index (χ4n) is 2.97. The van der Waals surface area contributed by atoms with Crippen LogP contribution in [0.15, 0.2) is 30.6 Å². The van der Waals surface area contributed by atoms with Gasteiger partial charge in [-0.15, -0.1) is 0 Å².